The molecule has 0 radical (unpaired) electrons. The number of halogens is 3. The predicted octanol–water partition coefficient (Wildman–Crippen LogP) is 4.12. The molecule has 0 saturated carbocycles. The number of aromatic nitrogens is 3. The summed E-state index contributed by atoms with van der Waals surface area (Å²) in [5.41, 5.74) is 6.97. The molecule has 1 atom stereocenters. The van der Waals surface area contributed by atoms with Gasteiger partial charge in [-0.25, -0.2) is 9.97 Å². The van der Waals surface area contributed by atoms with Crippen LogP contribution in [0.25, 0.3) is 11.1 Å². The van der Waals surface area contributed by atoms with Crippen molar-refractivity contribution in [1.29, 1.82) is 0 Å². The molecule has 1 saturated heterocycles. The molecule has 2 N–H and O–H groups in total. The summed E-state index contributed by atoms with van der Waals surface area (Å²) in [4.78, 5) is 27.2. The van der Waals surface area contributed by atoms with E-state index in [9.17, 15) is 18.0 Å². The first kappa shape index (κ1) is 19.8. The number of carbonyl (C=O) groups is 1. The molecular weight excluding hydrogens is 395 g/mol. The van der Waals surface area contributed by atoms with E-state index in [1.54, 1.807) is 29.3 Å². The Morgan fingerprint density at radius 2 is 1.87 bits per heavy atom. The van der Waals surface area contributed by atoms with Crippen LogP contribution < -0.4 is 5.73 Å². The van der Waals surface area contributed by atoms with Crippen LogP contribution in [0.4, 0.5) is 19.1 Å². The van der Waals surface area contributed by atoms with Gasteiger partial charge in [-0.2, -0.15) is 13.2 Å². The number of alkyl halides is 3. The number of anilines is 1. The van der Waals surface area contributed by atoms with Gasteiger partial charge in [0, 0.05) is 24.5 Å². The second kappa shape index (κ2) is 7.74. The first-order chi connectivity index (χ1) is 14.3. The Morgan fingerprint density at radius 1 is 1.10 bits per heavy atom. The van der Waals surface area contributed by atoms with Crippen molar-refractivity contribution < 1.29 is 18.0 Å². The van der Waals surface area contributed by atoms with Crippen LogP contribution in [0, 0.1) is 0 Å². The number of amides is 1. The van der Waals surface area contributed by atoms with Crippen LogP contribution in [0.3, 0.4) is 0 Å². The first-order valence-corrected chi connectivity index (χ1v) is 9.36. The van der Waals surface area contributed by atoms with Crippen molar-refractivity contribution in [2.24, 2.45) is 0 Å². The van der Waals surface area contributed by atoms with Gasteiger partial charge >= 0.3 is 6.18 Å². The molecule has 6 nitrogen and oxygen atoms in total. The van der Waals surface area contributed by atoms with E-state index in [-0.39, 0.29) is 17.9 Å². The molecule has 154 valence electrons. The number of nitrogens with two attached hydrogens (primary N) is 1. The zero-order chi connectivity index (χ0) is 21.3. The smallest absolute Gasteiger partial charge is 0.368 e. The van der Waals surface area contributed by atoms with Crippen LogP contribution in [0.5, 0.6) is 0 Å². The zero-order valence-corrected chi connectivity index (χ0v) is 15.8. The minimum absolute atomic E-state index is 0.0396. The number of rotatable bonds is 3. The maximum atomic E-state index is 13.0. The summed E-state index contributed by atoms with van der Waals surface area (Å²) in [6, 6.07) is 9.52. The van der Waals surface area contributed by atoms with E-state index in [2.05, 4.69) is 15.0 Å². The highest BCUT2D eigenvalue weighted by Gasteiger charge is 2.34. The summed E-state index contributed by atoms with van der Waals surface area (Å²) >= 11 is 0. The molecule has 1 aliphatic rings. The van der Waals surface area contributed by atoms with Crippen LogP contribution in [0.15, 0.2) is 54.9 Å². The van der Waals surface area contributed by atoms with Crippen molar-refractivity contribution in [2.75, 3.05) is 12.3 Å². The van der Waals surface area contributed by atoms with Gasteiger partial charge in [0.25, 0.3) is 5.91 Å². The third-order valence-electron chi connectivity index (χ3n) is 5.07. The van der Waals surface area contributed by atoms with Crippen molar-refractivity contribution in [2.45, 2.75) is 25.1 Å². The number of nitrogens with zero attached hydrogens (tertiary/aromatic N) is 4. The molecule has 1 aliphatic heterocycles. The van der Waals surface area contributed by atoms with Crippen LogP contribution in [-0.2, 0) is 6.18 Å². The molecule has 1 amide bonds. The van der Waals surface area contributed by atoms with Gasteiger partial charge in [-0.15, -0.1) is 0 Å². The molecule has 3 heterocycles. The lowest BCUT2D eigenvalue weighted by molar-refractivity contribution is -0.137. The molecule has 0 aliphatic carbocycles. The van der Waals surface area contributed by atoms with Crippen LogP contribution in [0.1, 0.15) is 40.6 Å². The van der Waals surface area contributed by atoms with E-state index >= 15 is 0 Å². The third kappa shape index (κ3) is 3.83. The molecule has 9 heteroatoms. The Hall–Kier alpha value is -3.49. The van der Waals surface area contributed by atoms with Crippen LogP contribution >= 0.6 is 0 Å². The second-order valence-electron chi connectivity index (χ2n) is 6.97. The van der Waals surface area contributed by atoms with Crippen molar-refractivity contribution >= 4 is 11.9 Å². The summed E-state index contributed by atoms with van der Waals surface area (Å²) in [6.45, 7) is 0.524. The summed E-state index contributed by atoms with van der Waals surface area (Å²) in [5, 5.41) is 0. The average molecular weight is 413 g/mol. The van der Waals surface area contributed by atoms with E-state index in [1.165, 1.54) is 18.3 Å². The lowest BCUT2D eigenvalue weighted by Crippen LogP contribution is -2.32. The highest BCUT2D eigenvalue weighted by Crippen LogP contribution is 2.38. The van der Waals surface area contributed by atoms with Gasteiger partial charge in [0.2, 0.25) is 5.95 Å². The Labute approximate surface area is 170 Å². The minimum atomic E-state index is -4.42. The largest absolute Gasteiger partial charge is 0.416 e. The Morgan fingerprint density at radius 3 is 2.53 bits per heavy atom. The SMILES string of the molecule is Nc1ncc(-c2ccc(C(F)(F)F)cc2)c([C@H]2CCCN2C(=O)c2ccccn2)n1. The normalized spacial score (nSPS) is 16.6. The number of carbonyl (C=O) groups excluding carboxylic acids is 1. The molecule has 4 rings (SSSR count). The monoisotopic (exact) mass is 413 g/mol. The highest BCUT2D eigenvalue weighted by molar-refractivity contribution is 5.92. The third-order valence-corrected chi connectivity index (χ3v) is 5.07. The van der Waals surface area contributed by atoms with E-state index in [4.69, 9.17) is 5.73 Å². The first-order valence-electron chi connectivity index (χ1n) is 9.36. The fourth-order valence-electron chi connectivity index (χ4n) is 3.65. The zero-order valence-electron chi connectivity index (χ0n) is 15.8. The van der Waals surface area contributed by atoms with Crippen molar-refractivity contribution in [3.63, 3.8) is 0 Å². The Kier molecular flexibility index (Phi) is 5.11. The number of hydrogen-bond donors (Lipinski definition) is 1. The summed E-state index contributed by atoms with van der Waals surface area (Å²) in [6.07, 6.45) is 0.0369. The average Bonchev–Trinajstić information content (AvgIpc) is 3.23. The number of likely N-dealkylation sites (tertiary alicyclic amines) is 1. The van der Waals surface area contributed by atoms with Gasteiger partial charge < -0.3 is 10.6 Å². The van der Waals surface area contributed by atoms with Gasteiger partial charge in [-0.05, 0) is 42.7 Å². The van der Waals surface area contributed by atoms with E-state index in [0.717, 1.165) is 18.6 Å². The van der Waals surface area contributed by atoms with Crippen molar-refractivity contribution in [1.82, 2.24) is 19.9 Å². The lowest BCUT2D eigenvalue weighted by atomic mass is 9.98. The Bertz CT molecular complexity index is 1050. The van der Waals surface area contributed by atoms with E-state index < -0.39 is 11.7 Å². The van der Waals surface area contributed by atoms with Gasteiger partial charge in [0.1, 0.15) is 5.69 Å². The number of benzene rings is 1. The predicted molar refractivity (Wildman–Crippen MR) is 104 cm³/mol. The standard InChI is InChI=1S/C21H18F3N5O/c22-21(23,24)14-8-6-13(7-9-14)15-12-27-20(25)28-18(15)17-5-3-11-29(17)19(30)16-4-1-2-10-26-16/h1-2,4,6-10,12,17H,3,5,11H2,(H2,25,27,28)/t17-/m1/s1. The fraction of sp³-hybridized carbons (Fsp3) is 0.238. The topological polar surface area (TPSA) is 85.0 Å². The fourth-order valence-corrected chi connectivity index (χ4v) is 3.65. The maximum Gasteiger partial charge on any atom is 0.416 e. The molecule has 0 unspecified atom stereocenters. The molecule has 1 aromatic carbocycles. The minimum Gasteiger partial charge on any atom is -0.368 e. The van der Waals surface area contributed by atoms with Crippen LogP contribution in [0.2, 0.25) is 0 Å². The van der Waals surface area contributed by atoms with Gasteiger partial charge in [0.15, 0.2) is 0 Å². The van der Waals surface area contributed by atoms with Gasteiger partial charge in [-0.1, -0.05) is 18.2 Å². The second-order valence-corrected chi connectivity index (χ2v) is 6.97. The molecule has 3 aromatic rings. The number of nitrogen functional groups attached to an aromatic ring is 1. The molecule has 2 aromatic heterocycles. The van der Waals surface area contributed by atoms with Gasteiger partial charge in [-0.3, -0.25) is 9.78 Å². The van der Waals surface area contributed by atoms with Crippen molar-refractivity contribution in [3.05, 3.63) is 71.8 Å². The lowest BCUT2D eigenvalue weighted by Gasteiger charge is -2.25. The molecule has 30 heavy (non-hydrogen) atoms. The van der Waals surface area contributed by atoms with E-state index in [0.29, 0.717) is 35.5 Å². The van der Waals surface area contributed by atoms with Crippen LogP contribution in [-0.4, -0.2) is 32.3 Å². The van der Waals surface area contributed by atoms with Crippen molar-refractivity contribution in [3.8, 4) is 11.1 Å². The summed E-state index contributed by atoms with van der Waals surface area (Å²) in [7, 11) is 0. The molecule has 0 bridgehead atoms. The number of pyridine rings is 1. The van der Waals surface area contributed by atoms with Gasteiger partial charge in [0.05, 0.1) is 17.3 Å². The quantitative estimate of drug-likeness (QED) is 0.698. The maximum absolute atomic E-state index is 13.0. The number of hydrogen-bond acceptors (Lipinski definition) is 5. The summed E-state index contributed by atoms with van der Waals surface area (Å²) in [5.74, 6) is -0.188. The molecular formula is C21H18F3N5O. The Balaban J connectivity index is 1.72. The summed E-state index contributed by atoms with van der Waals surface area (Å²) < 4.78 is 38.7. The molecule has 1 fully saturated rings. The van der Waals surface area contributed by atoms with E-state index in [1.807, 2.05) is 0 Å². The highest BCUT2D eigenvalue weighted by atomic mass is 19.4. The molecule has 0 spiro atoms.